The molecule has 0 unspecified atom stereocenters. The minimum atomic E-state index is 1.01. The quantitative estimate of drug-likeness (QED) is 0.705. The Balaban J connectivity index is 1.83. The third kappa shape index (κ3) is 2.68. The molecule has 0 aliphatic heterocycles. The summed E-state index contributed by atoms with van der Waals surface area (Å²) < 4.78 is 0. The van der Waals surface area contributed by atoms with Crippen LogP contribution in [0.2, 0.25) is 0 Å². The zero-order chi connectivity index (χ0) is 10.5. The van der Waals surface area contributed by atoms with Gasteiger partial charge in [0.15, 0.2) is 0 Å². The highest BCUT2D eigenvalue weighted by Gasteiger charge is 2.16. The molecule has 1 aromatic heterocycles. The van der Waals surface area contributed by atoms with Gasteiger partial charge in [-0.1, -0.05) is 44.4 Å². The van der Waals surface area contributed by atoms with E-state index in [1.54, 1.807) is 0 Å². The minimum absolute atomic E-state index is 1.01. The highest BCUT2D eigenvalue weighted by Crippen LogP contribution is 2.30. The van der Waals surface area contributed by atoms with Crippen molar-refractivity contribution in [2.45, 2.75) is 38.5 Å². The molecule has 1 aliphatic rings. The maximum Gasteiger partial charge on any atom is 0.0475 e. The van der Waals surface area contributed by atoms with Crippen molar-refractivity contribution in [3.8, 4) is 0 Å². The number of hydrogen-bond acceptors (Lipinski definition) is 1. The molecule has 80 valence electrons. The van der Waals surface area contributed by atoms with Crippen LogP contribution in [0.1, 0.15) is 43.4 Å². The van der Waals surface area contributed by atoms with Crippen LogP contribution in [0.3, 0.4) is 0 Å². The molecule has 0 spiro atoms. The molecule has 1 heterocycles. The van der Waals surface area contributed by atoms with E-state index in [2.05, 4.69) is 17.6 Å². The van der Waals surface area contributed by atoms with Gasteiger partial charge in [-0.25, -0.2) is 0 Å². The number of rotatable bonds is 5. The van der Waals surface area contributed by atoms with E-state index in [-0.39, 0.29) is 0 Å². The average Bonchev–Trinajstić information content (AvgIpc) is 2.22. The topological polar surface area (TPSA) is 12.9 Å². The largest absolute Gasteiger partial charge is 0.261 e. The number of nitrogens with zero attached hydrogens (tertiary/aromatic N) is 1. The molecule has 0 amide bonds. The van der Waals surface area contributed by atoms with Gasteiger partial charge in [-0.3, -0.25) is 4.98 Å². The number of pyridine rings is 1. The highest BCUT2D eigenvalue weighted by molar-refractivity contribution is 5.49. The molecule has 1 heteroatoms. The van der Waals surface area contributed by atoms with E-state index in [0.29, 0.717) is 0 Å². The summed E-state index contributed by atoms with van der Waals surface area (Å²) in [4.78, 5) is 4.42. The van der Waals surface area contributed by atoms with Crippen molar-refractivity contribution in [1.82, 2.24) is 4.98 Å². The normalized spacial score (nSPS) is 16.0. The molecule has 0 saturated heterocycles. The van der Waals surface area contributed by atoms with Gasteiger partial charge in [0, 0.05) is 11.9 Å². The predicted molar refractivity (Wildman–Crippen MR) is 64.6 cm³/mol. The van der Waals surface area contributed by atoms with Gasteiger partial charge in [0.25, 0.3) is 0 Å². The summed E-state index contributed by atoms with van der Waals surface area (Å²) in [7, 11) is 0. The molecule has 1 aliphatic carbocycles. The van der Waals surface area contributed by atoms with Crippen LogP contribution in [-0.4, -0.2) is 4.98 Å². The Labute approximate surface area is 92.2 Å². The van der Waals surface area contributed by atoms with Crippen molar-refractivity contribution < 1.29 is 0 Å². The molecule has 0 aromatic carbocycles. The first kappa shape index (κ1) is 10.4. The standard InChI is InChI=1S/C14H19N/c1-2-13-9-5-11-15-14(13)10-4-8-12-6-3-7-12/h2,5,9,11-12H,1,3-4,6-8,10H2. The van der Waals surface area contributed by atoms with Gasteiger partial charge in [-0.15, -0.1) is 0 Å². The Morgan fingerprint density at radius 1 is 1.47 bits per heavy atom. The van der Waals surface area contributed by atoms with E-state index in [1.807, 2.05) is 18.3 Å². The van der Waals surface area contributed by atoms with Crippen molar-refractivity contribution in [3.63, 3.8) is 0 Å². The van der Waals surface area contributed by atoms with E-state index < -0.39 is 0 Å². The zero-order valence-electron chi connectivity index (χ0n) is 9.28. The van der Waals surface area contributed by atoms with Gasteiger partial charge in [-0.05, 0) is 30.4 Å². The lowest BCUT2D eigenvalue weighted by atomic mass is 9.81. The van der Waals surface area contributed by atoms with Crippen LogP contribution in [0.15, 0.2) is 24.9 Å². The number of hydrogen-bond donors (Lipinski definition) is 0. The second kappa shape index (κ2) is 5.11. The van der Waals surface area contributed by atoms with E-state index in [9.17, 15) is 0 Å². The number of aryl methyl sites for hydroxylation is 1. The van der Waals surface area contributed by atoms with Crippen LogP contribution in [0, 0.1) is 5.92 Å². The van der Waals surface area contributed by atoms with E-state index in [4.69, 9.17) is 0 Å². The van der Waals surface area contributed by atoms with Gasteiger partial charge in [-0.2, -0.15) is 0 Å². The smallest absolute Gasteiger partial charge is 0.0475 e. The van der Waals surface area contributed by atoms with Gasteiger partial charge >= 0.3 is 0 Å². The third-order valence-corrected chi connectivity index (χ3v) is 3.40. The maximum atomic E-state index is 4.42. The van der Waals surface area contributed by atoms with Crippen molar-refractivity contribution >= 4 is 6.08 Å². The molecule has 2 rings (SSSR count). The molecule has 0 radical (unpaired) electrons. The summed E-state index contributed by atoms with van der Waals surface area (Å²) in [5.74, 6) is 1.01. The summed E-state index contributed by atoms with van der Waals surface area (Å²) >= 11 is 0. The third-order valence-electron chi connectivity index (χ3n) is 3.40. The fraction of sp³-hybridized carbons (Fsp3) is 0.500. The van der Waals surface area contributed by atoms with Crippen LogP contribution in [-0.2, 0) is 6.42 Å². The van der Waals surface area contributed by atoms with Crippen LogP contribution in [0.4, 0.5) is 0 Å². The number of aromatic nitrogens is 1. The summed E-state index contributed by atoms with van der Waals surface area (Å²) in [5, 5.41) is 0. The van der Waals surface area contributed by atoms with Crippen LogP contribution >= 0.6 is 0 Å². The second-order valence-corrected chi connectivity index (χ2v) is 4.43. The fourth-order valence-corrected chi connectivity index (χ4v) is 2.18. The predicted octanol–water partition coefficient (Wildman–Crippen LogP) is 3.85. The Morgan fingerprint density at radius 3 is 3.00 bits per heavy atom. The van der Waals surface area contributed by atoms with Gasteiger partial charge < -0.3 is 0 Å². The summed E-state index contributed by atoms with van der Waals surface area (Å²) in [5.41, 5.74) is 2.41. The Kier molecular flexibility index (Phi) is 3.54. The lowest BCUT2D eigenvalue weighted by Crippen LogP contribution is -2.11. The molecule has 15 heavy (non-hydrogen) atoms. The first-order chi connectivity index (χ1) is 7.40. The van der Waals surface area contributed by atoms with Gasteiger partial charge in [0.1, 0.15) is 0 Å². The average molecular weight is 201 g/mol. The van der Waals surface area contributed by atoms with E-state index >= 15 is 0 Å². The monoisotopic (exact) mass is 201 g/mol. The zero-order valence-corrected chi connectivity index (χ0v) is 9.28. The molecule has 1 saturated carbocycles. The highest BCUT2D eigenvalue weighted by atomic mass is 14.7. The van der Waals surface area contributed by atoms with E-state index in [1.165, 1.54) is 43.4 Å². The Bertz CT molecular complexity index is 326. The van der Waals surface area contributed by atoms with Gasteiger partial charge in [0.2, 0.25) is 0 Å². The van der Waals surface area contributed by atoms with Crippen molar-refractivity contribution in [2.75, 3.05) is 0 Å². The fourth-order valence-electron chi connectivity index (χ4n) is 2.18. The van der Waals surface area contributed by atoms with Crippen LogP contribution < -0.4 is 0 Å². The summed E-state index contributed by atoms with van der Waals surface area (Å²) in [6.07, 6.45) is 11.9. The lowest BCUT2D eigenvalue weighted by molar-refractivity contribution is 0.290. The summed E-state index contributed by atoms with van der Waals surface area (Å²) in [6.45, 7) is 3.82. The van der Waals surface area contributed by atoms with Crippen LogP contribution in [0.5, 0.6) is 0 Å². The summed E-state index contributed by atoms with van der Waals surface area (Å²) in [6, 6.07) is 4.07. The molecule has 0 atom stereocenters. The van der Waals surface area contributed by atoms with Crippen molar-refractivity contribution in [1.29, 1.82) is 0 Å². The Hall–Kier alpha value is -1.11. The van der Waals surface area contributed by atoms with E-state index in [0.717, 1.165) is 12.3 Å². The molecule has 1 nitrogen and oxygen atoms in total. The first-order valence-electron chi connectivity index (χ1n) is 5.96. The maximum absolute atomic E-state index is 4.42. The van der Waals surface area contributed by atoms with Crippen molar-refractivity contribution in [2.24, 2.45) is 5.92 Å². The van der Waals surface area contributed by atoms with Crippen molar-refractivity contribution in [3.05, 3.63) is 36.2 Å². The second-order valence-electron chi connectivity index (χ2n) is 4.43. The SMILES string of the molecule is C=Cc1cccnc1CCCC1CCC1. The molecule has 0 N–H and O–H groups in total. The lowest BCUT2D eigenvalue weighted by Gasteiger charge is -2.25. The minimum Gasteiger partial charge on any atom is -0.261 e. The molecular formula is C14H19N. The molecule has 1 aromatic rings. The van der Waals surface area contributed by atoms with Gasteiger partial charge in [0.05, 0.1) is 0 Å². The Morgan fingerprint density at radius 2 is 2.33 bits per heavy atom. The molecule has 0 bridgehead atoms. The molecule has 1 fully saturated rings. The van der Waals surface area contributed by atoms with Crippen LogP contribution in [0.25, 0.3) is 6.08 Å². The first-order valence-corrected chi connectivity index (χ1v) is 5.96. The molecular weight excluding hydrogens is 182 g/mol.